The SMILES string of the molecule is CCC(C)NS(=O)(=O)c1cc(C(C)(C)C)ccc1C. The highest BCUT2D eigenvalue weighted by Crippen LogP contribution is 2.26. The van der Waals surface area contributed by atoms with E-state index in [9.17, 15) is 8.42 Å². The van der Waals surface area contributed by atoms with Gasteiger partial charge in [0.25, 0.3) is 0 Å². The molecule has 0 aliphatic carbocycles. The molecule has 108 valence electrons. The number of benzene rings is 1. The molecule has 3 nitrogen and oxygen atoms in total. The van der Waals surface area contributed by atoms with Crippen LogP contribution >= 0.6 is 0 Å². The number of sulfonamides is 1. The topological polar surface area (TPSA) is 46.2 Å². The van der Waals surface area contributed by atoms with E-state index in [2.05, 4.69) is 25.5 Å². The highest BCUT2D eigenvalue weighted by Gasteiger charge is 2.22. The van der Waals surface area contributed by atoms with E-state index < -0.39 is 10.0 Å². The van der Waals surface area contributed by atoms with E-state index in [1.165, 1.54) is 0 Å². The average Bonchev–Trinajstić information content (AvgIpc) is 2.26. The first-order chi connectivity index (χ1) is 8.58. The van der Waals surface area contributed by atoms with Crippen LogP contribution in [0.25, 0.3) is 0 Å². The number of hydrogen-bond donors (Lipinski definition) is 1. The van der Waals surface area contributed by atoms with Crippen molar-refractivity contribution in [3.63, 3.8) is 0 Å². The average molecular weight is 283 g/mol. The Labute approximate surface area is 117 Å². The summed E-state index contributed by atoms with van der Waals surface area (Å²) in [5.74, 6) is 0. The maximum absolute atomic E-state index is 12.4. The Morgan fingerprint density at radius 1 is 1.26 bits per heavy atom. The molecule has 1 N–H and O–H groups in total. The zero-order chi connectivity index (χ0) is 14.8. The third-order valence-electron chi connectivity index (χ3n) is 3.31. The summed E-state index contributed by atoms with van der Waals surface area (Å²) in [5, 5.41) is 0. The lowest BCUT2D eigenvalue weighted by atomic mass is 9.87. The Balaban J connectivity index is 3.26. The quantitative estimate of drug-likeness (QED) is 0.921. The third-order valence-corrected chi connectivity index (χ3v) is 5.04. The molecule has 0 saturated heterocycles. The van der Waals surface area contributed by atoms with Crippen LogP contribution in [0.3, 0.4) is 0 Å². The van der Waals surface area contributed by atoms with Crippen LogP contribution in [0.4, 0.5) is 0 Å². The van der Waals surface area contributed by atoms with Crippen LogP contribution in [0, 0.1) is 6.92 Å². The predicted molar refractivity (Wildman–Crippen MR) is 80.0 cm³/mol. The molecule has 0 aliphatic rings. The van der Waals surface area contributed by atoms with E-state index in [4.69, 9.17) is 0 Å². The lowest BCUT2D eigenvalue weighted by molar-refractivity contribution is 0.553. The van der Waals surface area contributed by atoms with Crippen molar-refractivity contribution in [2.45, 2.75) is 64.3 Å². The fourth-order valence-corrected chi connectivity index (χ4v) is 3.37. The monoisotopic (exact) mass is 283 g/mol. The molecule has 1 aromatic carbocycles. The molecule has 0 spiro atoms. The molecular weight excluding hydrogens is 258 g/mol. The highest BCUT2D eigenvalue weighted by atomic mass is 32.2. The van der Waals surface area contributed by atoms with Crippen LogP contribution in [0.15, 0.2) is 23.1 Å². The molecular formula is C15H25NO2S. The first-order valence-electron chi connectivity index (χ1n) is 6.71. The van der Waals surface area contributed by atoms with Crippen molar-refractivity contribution >= 4 is 10.0 Å². The van der Waals surface area contributed by atoms with E-state index in [1.807, 2.05) is 32.9 Å². The highest BCUT2D eigenvalue weighted by molar-refractivity contribution is 7.89. The third kappa shape index (κ3) is 4.05. The summed E-state index contributed by atoms with van der Waals surface area (Å²) in [6.45, 7) is 11.9. The Kier molecular flexibility index (Phi) is 4.80. The molecule has 1 aromatic rings. The minimum atomic E-state index is -3.44. The lowest BCUT2D eigenvalue weighted by Gasteiger charge is -2.21. The van der Waals surface area contributed by atoms with Gasteiger partial charge in [-0.05, 0) is 42.9 Å². The van der Waals surface area contributed by atoms with Crippen molar-refractivity contribution in [1.29, 1.82) is 0 Å². The largest absolute Gasteiger partial charge is 0.241 e. The van der Waals surface area contributed by atoms with Crippen LogP contribution in [0.1, 0.15) is 52.2 Å². The predicted octanol–water partition coefficient (Wildman–Crippen LogP) is 3.37. The van der Waals surface area contributed by atoms with Crippen molar-refractivity contribution in [2.24, 2.45) is 0 Å². The second kappa shape index (κ2) is 5.63. The minimum absolute atomic E-state index is 0.0531. The zero-order valence-corrected chi connectivity index (χ0v) is 13.6. The van der Waals surface area contributed by atoms with Gasteiger partial charge in [-0.1, -0.05) is 39.8 Å². The van der Waals surface area contributed by atoms with E-state index >= 15 is 0 Å². The van der Waals surface area contributed by atoms with Gasteiger partial charge in [0.1, 0.15) is 0 Å². The van der Waals surface area contributed by atoms with Crippen molar-refractivity contribution in [3.8, 4) is 0 Å². The van der Waals surface area contributed by atoms with Gasteiger partial charge in [0, 0.05) is 6.04 Å². The molecule has 0 aliphatic heterocycles. The molecule has 1 rings (SSSR count). The summed E-state index contributed by atoms with van der Waals surface area (Å²) < 4.78 is 27.5. The van der Waals surface area contributed by atoms with Crippen LogP contribution in [0.2, 0.25) is 0 Å². The van der Waals surface area contributed by atoms with Gasteiger partial charge in [0.2, 0.25) is 10.0 Å². The van der Waals surface area contributed by atoms with E-state index in [0.717, 1.165) is 17.5 Å². The molecule has 0 saturated carbocycles. The molecule has 19 heavy (non-hydrogen) atoms. The van der Waals surface area contributed by atoms with Gasteiger partial charge in [-0.2, -0.15) is 0 Å². The number of aryl methyl sites for hydroxylation is 1. The Morgan fingerprint density at radius 2 is 1.84 bits per heavy atom. The number of hydrogen-bond acceptors (Lipinski definition) is 2. The molecule has 0 aromatic heterocycles. The maximum Gasteiger partial charge on any atom is 0.241 e. The first-order valence-corrected chi connectivity index (χ1v) is 8.19. The fourth-order valence-electron chi connectivity index (χ4n) is 1.77. The molecule has 1 atom stereocenters. The molecule has 0 bridgehead atoms. The Hall–Kier alpha value is -0.870. The molecule has 4 heteroatoms. The molecule has 0 amide bonds. The Bertz CT molecular complexity index is 542. The van der Waals surface area contributed by atoms with Crippen LogP contribution in [0.5, 0.6) is 0 Å². The van der Waals surface area contributed by atoms with E-state index in [-0.39, 0.29) is 11.5 Å². The molecule has 1 unspecified atom stereocenters. The fraction of sp³-hybridized carbons (Fsp3) is 0.600. The Morgan fingerprint density at radius 3 is 2.32 bits per heavy atom. The zero-order valence-electron chi connectivity index (χ0n) is 12.7. The van der Waals surface area contributed by atoms with Crippen molar-refractivity contribution < 1.29 is 8.42 Å². The van der Waals surface area contributed by atoms with Crippen LogP contribution in [-0.4, -0.2) is 14.5 Å². The summed E-state index contributed by atoms with van der Waals surface area (Å²) in [7, 11) is -3.44. The standard InChI is InChI=1S/C15H25NO2S/c1-7-12(3)16-19(17,18)14-10-13(15(4,5)6)9-8-11(14)2/h8-10,12,16H,7H2,1-6H3. The molecule has 0 radical (unpaired) electrons. The molecule has 0 fully saturated rings. The summed E-state index contributed by atoms with van der Waals surface area (Å²) >= 11 is 0. The maximum atomic E-state index is 12.4. The van der Waals surface area contributed by atoms with Gasteiger partial charge in [-0.3, -0.25) is 0 Å². The van der Waals surface area contributed by atoms with Gasteiger partial charge in [0.15, 0.2) is 0 Å². The summed E-state index contributed by atoms with van der Waals surface area (Å²) in [4.78, 5) is 0.389. The van der Waals surface area contributed by atoms with Crippen molar-refractivity contribution in [3.05, 3.63) is 29.3 Å². The van der Waals surface area contributed by atoms with Crippen molar-refractivity contribution in [1.82, 2.24) is 4.72 Å². The normalized spacial score (nSPS) is 14.4. The van der Waals surface area contributed by atoms with Crippen LogP contribution in [-0.2, 0) is 15.4 Å². The van der Waals surface area contributed by atoms with Crippen LogP contribution < -0.4 is 4.72 Å². The summed E-state index contributed by atoms with van der Waals surface area (Å²) in [6.07, 6.45) is 0.775. The number of nitrogens with one attached hydrogen (secondary N) is 1. The van der Waals surface area contributed by atoms with Crippen molar-refractivity contribution in [2.75, 3.05) is 0 Å². The van der Waals surface area contributed by atoms with E-state index in [0.29, 0.717) is 4.90 Å². The van der Waals surface area contributed by atoms with E-state index in [1.54, 1.807) is 6.07 Å². The smallest absolute Gasteiger partial charge is 0.208 e. The minimum Gasteiger partial charge on any atom is -0.208 e. The summed E-state index contributed by atoms with van der Waals surface area (Å²) in [5.41, 5.74) is 1.75. The van der Waals surface area contributed by atoms with Gasteiger partial charge in [0.05, 0.1) is 4.90 Å². The summed E-state index contributed by atoms with van der Waals surface area (Å²) in [6, 6.07) is 5.62. The second-order valence-corrected chi connectivity index (χ2v) is 7.84. The van der Waals surface area contributed by atoms with Gasteiger partial charge in [-0.15, -0.1) is 0 Å². The van der Waals surface area contributed by atoms with Gasteiger partial charge in [-0.25, -0.2) is 13.1 Å². The van der Waals surface area contributed by atoms with Gasteiger partial charge >= 0.3 is 0 Å². The van der Waals surface area contributed by atoms with Gasteiger partial charge < -0.3 is 0 Å². The number of rotatable bonds is 4. The lowest BCUT2D eigenvalue weighted by Crippen LogP contribution is -2.32. The first kappa shape index (κ1) is 16.2. The molecule has 0 heterocycles. The second-order valence-electron chi connectivity index (χ2n) is 6.16.